The monoisotopic (exact) mass is 227 g/mol. The highest BCUT2D eigenvalue weighted by Crippen LogP contribution is 2.18. The Morgan fingerprint density at radius 1 is 1.60 bits per heavy atom. The molecule has 1 heterocycles. The number of carbonyl (C=O) groups excluding carboxylic acids is 1. The summed E-state index contributed by atoms with van der Waals surface area (Å²) in [6.45, 7) is 6.11. The van der Waals surface area contributed by atoms with Crippen molar-refractivity contribution in [2.24, 2.45) is 5.41 Å². The van der Waals surface area contributed by atoms with Gasteiger partial charge in [0.2, 0.25) is 0 Å². The summed E-state index contributed by atoms with van der Waals surface area (Å²) in [4.78, 5) is 11.5. The van der Waals surface area contributed by atoms with Crippen LogP contribution in [0, 0.1) is 5.41 Å². The molecule has 1 unspecified atom stereocenters. The molecule has 4 heteroatoms. The van der Waals surface area contributed by atoms with E-state index < -0.39 is 6.10 Å². The van der Waals surface area contributed by atoms with Crippen LogP contribution in [0.3, 0.4) is 0 Å². The van der Waals surface area contributed by atoms with Crippen LogP contribution in [0.2, 0.25) is 0 Å². The lowest BCUT2D eigenvalue weighted by Gasteiger charge is -2.25. The van der Waals surface area contributed by atoms with E-state index in [2.05, 4.69) is 5.32 Å². The largest absolute Gasteiger partial charge is 0.391 e. The Kier molecular flexibility index (Phi) is 3.88. The predicted molar refractivity (Wildman–Crippen MR) is 62.1 cm³/mol. The Morgan fingerprint density at radius 2 is 2.27 bits per heavy atom. The highest BCUT2D eigenvalue weighted by atomic mass is 32.1. The van der Waals surface area contributed by atoms with Crippen molar-refractivity contribution in [1.82, 2.24) is 5.32 Å². The highest BCUT2D eigenvalue weighted by molar-refractivity contribution is 7.08. The summed E-state index contributed by atoms with van der Waals surface area (Å²) in [7, 11) is 0. The van der Waals surface area contributed by atoms with Crippen LogP contribution in [0.25, 0.3) is 0 Å². The summed E-state index contributed by atoms with van der Waals surface area (Å²) in [6.07, 6.45) is -0.528. The molecule has 15 heavy (non-hydrogen) atoms. The van der Waals surface area contributed by atoms with Gasteiger partial charge in [-0.1, -0.05) is 20.8 Å². The minimum atomic E-state index is -0.528. The van der Waals surface area contributed by atoms with E-state index in [-0.39, 0.29) is 17.9 Å². The van der Waals surface area contributed by atoms with Crippen LogP contribution in [0.1, 0.15) is 31.1 Å². The van der Waals surface area contributed by atoms with Crippen LogP contribution in [0.5, 0.6) is 0 Å². The molecule has 0 saturated carbocycles. The number of aliphatic hydroxyl groups is 1. The zero-order valence-corrected chi connectivity index (χ0v) is 10.1. The number of aliphatic hydroxyl groups excluding tert-OH is 1. The molecule has 1 rings (SSSR count). The number of rotatable bonds is 3. The van der Waals surface area contributed by atoms with Gasteiger partial charge in [-0.3, -0.25) is 4.79 Å². The standard InChI is InChI=1S/C11H17NO2S/c1-11(2,3)9(13)6-12-10(14)8-4-5-15-7-8/h4-5,7,9,13H,6H2,1-3H3,(H,12,14). The maximum Gasteiger partial charge on any atom is 0.252 e. The zero-order chi connectivity index (χ0) is 11.5. The Balaban J connectivity index is 2.42. The first-order valence-corrected chi connectivity index (χ1v) is 5.84. The van der Waals surface area contributed by atoms with Gasteiger partial charge in [0, 0.05) is 17.5 Å². The Bertz CT molecular complexity index is 314. The molecule has 1 aromatic rings. The summed E-state index contributed by atoms with van der Waals surface area (Å²) in [5.41, 5.74) is 0.447. The summed E-state index contributed by atoms with van der Waals surface area (Å²) in [5.74, 6) is -0.125. The predicted octanol–water partition coefficient (Wildman–Crippen LogP) is 1.88. The second-order valence-electron chi connectivity index (χ2n) is 4.60. The van der Waals surface area contributed by atoms with E-state index in [4.69, 9.17) is 0 Å². The van der Waals surface area contributed by atoms with Crippen molar-refractivity contribution in [3.8, 4) is 0 Å². The first-order valence-electron chi connectivity index (χ1n) is 4.89. The summed E-state index contributed by atoms with van der Waals surface area (Å²) in [5, 5.41) is 16.1. The maximum atomic E-state index is 11.5. The van der Waals surface area contributed by atoms with Gasteiger partial charge in [-0.2, -0.15) is 11.3 Å². The van der Waals surface area contributed by atoms with Crippen LogP contribution < -0.4 is 5.32 Å². The number of hydrogen-bond donors (Lipinski definition) is 2. The second kappa shape index (κ2) is 4.77. The van der Waals surface area contributed by atoms with Crippen molar-refractivity contribution in [2.75, 3.05) is 6.54 Å². The number of hydrogen-bond acceptors (Lipinski definition) is 3. The van der Waals surface area contributed by atoms with Gasteiger partial charge in [0.15, 0.2) is 0 Å². The third-order valence-corrected chi connectivity index (χ3v) is 2.92. The summed E-state index contributed by atoms with van der Waals surface area (Å²) >= 11 is 1.48. The molecule has 0 saturated heterocycles. The lowest BCUT2D eigenvalue weighted by Crippen LogP contribution is -2.39. The molecule has 0 aliphatic rings. The molecule has 0 spiro atoms. The average Bonchev–Trinajstić information content (AvgIpc) is 2.64. The van der Waals surface area contributed by atoms with E-state index in [1.165, 1.54) is 11.3 Å². The molecule has 84 valence electrons. The Morgan fingerprint density at radius 3 is 2.73 bits per heavy atom. The van der Waals surface area contributed by atoms with Crippen LogP contribution >= 0.6 is 11.3 Å². The molecule has 0 aromatic carbocycles. The number of carbonyl (C=O) groups is 1. The first-order chi connectivity index (χ1) is 6.91. The fourth-order valence-corrected chi connectivity index (χ4v) is 1.63. The van der Waals surface area contributed by atoms with E-state index in [1.54, 1.807) is 11.4 Å². The SMILES string of the molecule is CC(C)(C)C(O)CNC(=O)c1ccsc1. The smallest absolute Gasteiger partial charge is 0.252 e. The molecule has 2 N–H and O–H groups in total. The fourth-order valence-electron chi connectivity index (χ4n) is 0.991. The molecule has 1 amide bonds. The fraction of sp³-hybridized carbons (Fsp3) is 0.545. The van der Waals surface area contributed by atoms with Gasteiger partial charge in [-0.05, 0) is 16.9 Å². The van der Waals surface area contributed by atoms with Gasteiger partial charge < -0.3 is 10.4 Å². The number of amides is 1. The first kappa shape index (κ1) is 12.2. The van der Waals surface area contributed by atoms with Crippen molar-refractivity contribution in [1.29, 1.82) is 0 Å². The van der Waals surface area contributed by atoms with Gasteiger partial charge in [0.1, 0.15) is 0 Å². The third kappa shape index (κ3) is 3.64. The van der Waals surface area contributed by atoms with Crippen molar-refractivity contribution >= 4 is 17.2 Å². The van der Waals surface area contributed by atoms with Gasteiger partial charge in [-0.15, -0.1) is 0 Å². The molecular formula is C11H17NO2S. The van der Waals surface area contributed by atoms with Crippen LogP contribution in [0.4, 0.5) is 0 Å². The van der Waals surface area contributed by atoms with Gasteiger partial charge >= 0.3 is 0 Å². The molecular weight excluding hydrogens is 210 g/mol. The van der Waals surface area contributed by atoms with Gasteiger partial charge in [0.05, 0.1) is 6.10 Å². The van der Waals surface area contributed by atoms with Crippen molar-refractivity contribution in [3.05, 3.63) is 22.4 Å². The number of thiophene rings is 1. The highest BCUT2D eigenvalue weighted by Gasteiger charge is 2.22. The van der Waals surface area contributed by atoms with E-state index in [1.807, 2.05) is 26.2 Å². The van der Waals surface area contributed by atoms with Crippen LogP contribution in [-0.2, 0) is 0 Å². The summed E-state index contributed by atoms with van der Waals surface area (Å²) < 4.78 is 0. The minimum Gasteiger partial charge on any atom is -0.391 e. The molecule has 0 aliphatic heterocycles. The van der Waals surface area contributed by atoms with Crippen LogP contribution in [-0.4, -0.2) is 23.7 Å². The van der Waals surface area contributed by atoms with Crippen molar-refractivity contribution in [3.63, 3.8) is 0 Å². The molecule has 1 aromatic heterocycles. The molecule has 3 nitrogen and oxygen atoms in total. The molecule has 0 aliphatic carbocycles. The molecule has 0 bridgehead atoms. The van der Waals surface area contributed by atoms with Crippen molar-refractivity contribution < 1.29 is 9.90 Å². The Hall–Kier alpha value is -0.870. The topological polar surface area (TPSA) is 49.3 Å². The van der Waals surface area contributed by atoms with E-state index in [9.17, 15) is 9.90 Å². The average molecular weight is 227 g/mol. The van der Waals surface area contributed by atoms with Gasteiger partial charge in [0.25, 0.3) is 5.91 Å². The second-order valence-corrected chi connectivity index (χ2v) is 5.38. The van der Waals surface area contributed by atoms with Crippen LogP contribution in [0.15, 0.2) is 16.8 Å². The molecule has 0 radical (unpaired) electrons. The molecule has 0 fully saturated rings. The zero-order valence-electron chi connectivity index (χ0n) is 9.28. The van der Waals surface area contributed by atoms with E-state index in [0.29, 0.717) is 5.56 Å². The maximum absolute atomic E-state index is 11.5. The van der Waals surface area contributed by atoms with Gasteiger partial charge in [-0.25, -0.2) is 0 Å². The lowest BCUT2D eigenvalue weighted by atomic mass is 9.89. The Labute approximate surface area is 94.1 Å². The quantitative estimate of drug-likeness (QED) is 0.828. The number of nitrogens with one attached hydrogen (secondary N) is 1. The third-order valence-electron chi connectivity index (χ3n) is 2.24. The van der Waals surface area contributed by atoms with E-state index in [0.717, 1.165) is 0 Å². The molecule has 1 atom stereocenters. The normalized spacial score (nSPS) is 13.6. The summed E-state index contributed by atoms with van der Waals surface area (Å²) in [6, 6.07) is 1.77. The lowest BCUT2D eigenvalue weighted by molar-refractivity contribution is 0.0587. The van der Waals surface area contributed by atoms with Crippen molar-refractivity contribution in [2.45, 2.75) is 26.9 Å². The minimum absolute atomic E-state index is 0.125. The van der Waals surface area contributed by atoms with E-state index >= 15 is 0 Å².